The molecule has 4 nitrogen and oxygen atoms in total. The van der Waals surface area contributed by atoms with Crippen molar-refractivity contribution in [2.24, 2.45) is 11.7 Å². The van der Waals surface area contributed by atoms with Crippen LogP contribution in [-0.4, -0.2) is 24.1 Å². The first-order valence-corrected chi connectivity index (χ1v) is 6.98. The zero-order chi connectivity index (χ0) is 14.7. The summed E-state index contributed by atoms with van der Waals surface area (Å²) in [4.78, 5) is 12.9. The Kier molecular flexibility index (Phi) is 4.60. The molecule has 1 aliphatic rings. The summed E-state index contributed by atoms with van der Waals surface area (Å²) in [6.45, 7) is 3.00. The zero-order valence-corrected chi connectivity index (χ0v) is 11.7. The maximum Gasteiger partial charge on any atom is 0.217 e. The second-order valence-corrected chi connectivity index (χ2v) is 5.45. The molecule has 0 aliphatic carbocycles. The van der Waals surface area contributed by atoms with E-state index in [2.05, 4.69) is 0 Å². The molecule has 1 heterocycles. The zero-order valence-electron chi connectivity index (χ0n) is 11.7. The lowest BCUT2D eigenvalue weighted by Gasteiger charge is -2.35. The number of carbonyl (C=O) groups excluding carboxylic acids is 1. The average Bonchev–Trinajstić information content (AvgIpc) is 2.39. The fraction of sp³-hybridized carbons (Fsp3) is 0.533. The second kappa shape index (κ2) is 6.22. The van der Waals surface area contributed by atoms with E-state index in [0.717, 1.165) is 12.8 Å². The smallest absolute Gasteiger partial charge is 0.217 e. The Bertz CT molecular complexity index is 483. The largest absolute Gasteiger partial charge is 0.389 e. The molecule has 2 rings (SSSR count). The molecule has 20 heavy (non-hydrogen) atoms. The van der Waals surface area contributed by atoms with E-state index in [1.165, 1.54) is 6.07 Å². The molecule has 1 aliphatic heterocycles. The number of nitrogens with zero attached hydrogens (tertiary/aromatic N) is 1. The molecule has 0 aromatic heterocycles. The van der Waals surface area contributed by atoms with Crippen LogP contribution in [0.1, 0.15) is 37.9 Å². The molecule has 0 radical (unpaired) electrons. The van der Waals surface area contributed by atoms with Gasteiger partial charge in [-0.25, -0.2) is 4.39 Å². The molecule has 3 N–H and O–H groups in total. The first kappa shape index (κ1) is 14.8. The number of hydrogen-bond acceptors (Lipinski definition) is 3. The molecule has 1 fully saturated rings. The van der Waals surface area contributed by atoms with Crippen molar-refractivity contribution in [1.82, 2.24) is 0 Å². The van der Waals surface area contributed by atoms with E-state index in [0.29, 0.717) is 30.8 Å². The van der Waals surface area contributed by atoms with Gasteiger partial charge in [-0.3, -0.25) is 4.79 Å². The first-order valence-electron chi connectivity index (χ1n) is 6.98. The van der Waals surface area contributed by atoms with E-state index >= 15 is 0 Å². The molecular formula is C15H21FN2O2. The lowest BCUT2D eigenvalue weighted by atomic mass is 9.92. The number of anilines is 1. The van der Waals surface area contributed by atoms with Gasteiger partial charge in [0.25, 0.3) is 0 Å². The number of hydrogen-bond donors (Lipinski definition) is 2. The SMILES string of the molecule is C[C@H](O)c1cccc(F)c1N1CCC(CC(N)=O)CC1. The molecule has 5 heteroatoms. The van der Waals surface area contributed by atoms with Crippen LogP contribution in [0.3, 0.4) is 0 Å². The van der Waals surface area contributed by atoms with Gasteiger partial charge >= 0.3 is 0 Å². The highest BCUT2D eigenvalue weighted by atomic mass is 19.1. The van der Waals surface area contributed by atoms with Gasteiger partial charge in [0.1, 0.15) is 5.82 Å². The first-order chi connectivity index (χ1) is 9.49. The van der Waals surface area contributed by atoms with Crippen LogP contribution in [0.5, 0.6) is 0 Å². The number of benzene rings is 1. The highest BCUT2D eigenvalue weighted by Crippen LogP contribution is 2.32. The Morgan fingerprint density at radius 1 is 1.50 bits per heavy atom. The summed E-state index contributed by atoms with van der Waals surface area (Å²) in [6, 6.07) is 4.77. The second-order valence-electron chi connectivity index (χ2n) is 5.45. The number of piperidine rings is 1. The summed E-state index contributed by atoms with van der Waals surface area (Å²) in [5, 5.41) is 9.78. The van der Waals surface area contributed by atoms with Crippen LogP contribution in [-0.2, 0) is 4.79 Å². The standard InChI is InChI=1S/C15H21FN2O2/c1-10(19)12-3-2-4-13(16)15(12)18-7-5-11(6-8-18)9-14(17)20/h2-4,10-11,19H,5-9H2,1H3,(H2,17,20)/t10-/m0/s1. The number of halogens is 1. The third kappa shape index (κ3) is 3.28. The lowest BCUT2D eigenvalue weighted by molar-refractivity contribution is -0.119. The lowest BCUT2D eigenvalue weighted by Crippen LogP contribution is -2.36. The van der Waals surface area contributed by atoms with Crippen molar-refractivity contribution in [2.45, 2.75) is 32.3 Å². The van der Waals surface area contributed by atoms with E-state index in [1.54, 1.807) is 19.1 Å². The van der Waals surface area contributed by atoms with Crippen molar-refractivity contribution in [2.75, 3.05) is 18.0 Å². The van der Waals surface area contributed by atoms with Gasteiger partial charge in [-0.1, -0.05) is 12.1 Å². The summed E-state index contributed by atoms with van der Waals surface area (Å²) in [5.74, 6) is -0.304. The van der Waals surface area contributed by atoms with Crippen molar-refractivity contribution in [1.29, 1.82) is 0 Å². The number of aliphatic hydroxyl groups is 1. The van der Waals surface area contributed by atoms with Crippen LogP contribution in [0.15, 0.2) is 18.2 Å². The van der Waals surface area contributed by atoms with Gasteiger partial charge in [0.05, 0.1) is 11.8 Å². The summed E-state index contributed by atoms with van der Waals surface area (Å²) in [6.07, 6.45) is 1.32. The number of aliphatic hydroxyl groups excluding tert-OH is 1. The molecule has 110 valence electrons. The van der Waals surface area contributed by atoms with Crippen molar-refractivity contribution in [3.05, 3.63) is 29.6 Å². The topological polar surface area (TPSA) is 66.6 Å². The molecule has 1 atom stereocenters. The molecule has 1 amide bonds. The summed E-state index contributed by atoms with van der Waals surface area (Å²) >= 11 is 0. The van der Waals surface area contributed by atoms with E-state index in [4.69, 9.17) is 5.73 Å². The van der Waals surface area contributed by atoms with Crippen LogP contribution in [0.25, 0.3) is 0 Å². The van der Waals surface area contributed by atoms with Gasteiger partial charge in [0, 0.05) is 25.1 Å². The van der Waals surface area contributed by atoms with Crippen molar-refractivity contribution < 1.29 is 14.3 Å². The van der Waals surface area contributed by atoms with Crippen LogP contribution in [0.4, 0.5) is 10.1 Å². The number of para-hydroxylation sites is 1. The Morgan fingerprint density at radius 2 is 2.15 bits per heavy atom. The Hall–Kier alpha value is -1.62. The molecule has 0 bridgehead atoms. The number of primary amides is 1. The molecule has 0 spiro atoms. The predicted octanol–water partition coefficient (Wildman–Crippen LogP) is 1.97. The van der Waals surface area contributed by atoms with Crippen LogP contribution < -0.4 is 10.6 Å². The van der Waals surface area contributed by atoms with Gasteiger partial charge in [0.15, 0.2) is 0 Å². The predicted molar refractivity (Wildman–Crippen MR) is 75.8 cm³/mol. The third-order valence-electron chi connectivity index (χ3n) is 3.89. The molecule has 0 unspecified atom stereocenters. The molecular weight excluding hydrogens is 259 g/mol. The third-order valence-corrected chi connectivity index (χ3v) is 3.89. The summed E-state index contributed by atoms with van der Waals surface area (Å²) < 4.78 is 14.1. The maximum atomic E-state index is 14.1. The minimum absolute atomic E-state index is 0.279. The highest BCUT2D eigenvalue weighted by Gasteiger charge is 2.25. The van der Waals surface area contributed by atoms with Gasteiger partial charge < -0.3 is 15.7 Å². The molecule has 0 saturated carbocycles. The van der Waals surface area contributed by atoms with Crippen LogP contribution >= 0.6 is 0 Å². The van der Waals surface area contributed by atoms with E-state index in [1.807, 2.05) is 4.90 Å². The number of rotatable bonds is 4. The van der Waals surface area contributed by atoms with Gasteiger partial charge in [-0.15, -0.1) is 0 Å². The summed E-state index contributed by atoms with van der Waals surface area (Å²) in [5.41, 5.74) is 6.31. The average molecular weight is 280 g/mol. The van der Waals surface area contributed by atoms with E-state index < -0.39 is 6.10 Å². The highest BCUT2D eigenvalue weighted by molar-refractivity contribution is 5.74. The Morgan fingerprint density at radius 3 is 2.70 bits per heavy atom. The normalized spacial score (nSPS) is 18.1. The minimum atomic E-state index is -0.705. The molecule has 1 aromatic carbocycles. The van der Waals surface area contributed by atoms with Gasteiger partial charge in [0.2, 0.25) is 5.91 Å². The molecule has 1 aromatic rings. The van der Waals surface area contributed by atoms with E-state index in [-0.39, 0.29) is 17.6 Å². The number of carbonyl (C=O) groups is 1. The van der Waals surface area contributed by atoms with Crippen LogP contribution in [0, 0.1) is 11.7 Å². The number of nitrogens with two attached hydrogens (primary N) is 1. The fourth-order valence-corrected chi connectivity index (χ4v) is 2.85. The van der Waals surface area contributed by atoms with E-state index in [9.17, 15) is 14.3 Å². The quantitative estimate of drug-likeness (QED) is 0.886. The molecule has 1 saturated heterocycles. The Labute approximate surface area is 118 Å². The van der Waals surface area contributed by atoms with Crippen LogP contribution in [0.2, 0.25) is 0 Å². The van der Waals surface area contributed by atoms with Gasteiger partial charge in [-0.05, 0) is 31.7 Å². The Balaban J connectivity index is 2.12. The van der Waals surface area contributed by atoms with Crippen molar-refractivity contribution in [3.8, 4) is 0 Å². The monoisotopic (exact) mass is 280 g/mol. The van der Waals surface area contributed by atoms with Crippen molar-refractivity contribution in [3.63, 3.8) is 0 Å². The fourth-order valence-electron chi connectivity index (χ4n) is 2.85. The maximum absolute atomic E-state index is 14.1. The number of amides is 1. The minimum Gasteiger partial charge on any atom is -0.389 e. The van der Waals surface area contributed by atoms with Gasteiger partial charge in [-0.2, -0.15) is 0 Å². The van der Waals surface area contributed by atoms with Crippen molar-refractivity contribution >= 4 is 11.6 Å². The summed E-state index contributed by atoms with van der Waals surface area (Å²) in [7, 11) is 0.